The fraction of sp³-hybridized carbons (Fsp3) is 0.235. The Hall–Kier alpha value is -1.89. The van der Waals surface area contributed by atoms with Gasteiger partial charge < -0.3 is 0 Å². The van der Waals surface area contributed by atoms with E-state index in [4.69, 9.17) is 0 Å². The summed E-state index contributed by atoms with van der Waals surface area (Å²) in [4.78, 5) is 12.0. The minimum Gasteiger partial charge on any atom is -0.289 e. The molecule has 0 atom stereocenters. The number of rotatable bonds is 4. The van der Waals surface area contributed by atoms with Gasteiger partial charge in [0.1, 0.15) is 0 Å². The van der Waals surface area contributed by atoms with Crippen LogP contribution in [0.4, 0.5) is 0 Å². The molecule has 0 amide bonds. The second-order valence-corrected chi connectivity index (χ2v) is 3.55. The SMILES string of the molecule is C=C(C(=O)c1ccccc1)/C(C)=C\C=C/C.CC. The van der Waals surface area contributed by atoms with Crippen molar-refractivity contribution in [3.63, 3.8) is 0 Å². The number of Topliss-reactive ketones (excluding diaryl/α,β-unsaturated/α-hetero) is 1. The number of hydrogen-bond donors (Lipinski definition) is 0. The molecule has 0 N–H and O–H groups in total. The average molecular weight is 242 g/mol. The second-order valence-electron chi connectivity index (χ2n) is 3.55. The van der Waals surface area contributed by atoms with Crippen LogP contribution in [0.3, 0.4) is 0 Å². The van der Waals surface area contributed by atoms with E-state index in [0.717, 1.165) is 5.57 Å². The highest BCUT2D eigenvalue weighted by atomic mass is 16.1. The van der Waals surface area contributed by atoms with Gasteiger partial charge >= 0.3 is 0 Å². The molecule has 1 aromatic rings. The molecule has 0 radical (unpaired) electrons. The van der Waals surface area contributed by atoms with Gasteiger partial charge in [-0.2, -0.15) is 0 Å². The average Bonchev–Trinajstić information content (AvgIpc) is 2.46. The fourth-order valence-electron chi connectivity index (χ4n) is 1.28. The third-order valence-corrected chi connectivity index (χ3v) is 2.32. The highest BCUT2D eigenvalue weighted by Crippen LogP contribution is 2.14. The monoisotopic (exact) mass is 242 g/mol. The van der Waals surface area contributed by atoms with E-state index in [9.17, 15) is 4.79 Å². The Morgan fingerprint density at radius 1 is 1.17 bits per heavy atom. The van der Waals surface area contributed by atoms with Crippen molar-refractivity contribution >= 4 is 5.78 Å². The Kier molecular flexibility index (Phi) is 8.21. The highest BCUT2D eigenvalue weighted by molar-refractivity contribution is 6.11. The van der Waals surface area contributed by atoms with Gasteiger partial charge in [-0.15, -0.1) is 0 Å². The van der Waals surface area contributed by atoms with E-state index in [1.165, 1.54) is 0 Å². The first kappa shape index (κ1) is 16.1. The van der Waals surface area contributed by atoms with E-state index in [0.29, 0.717) is 11.1 Å². The molecule has 0 fully saturated rings. The van der Waals surface area contributed by atoms with Gasteiger partial charge in [0, 0.05) is 11.1 Å². The molecule has 0 aliphatic heterocycles. The Morgan fingerprint density at radius 2 is 1.72 bits per heavy atom. The predicted molar refractivity (Wildman–Crippen MR) is 79.8 cm³/mol. The van der Waals surface area contributed by atoms with Crippen LogP contribution in [0.1, 0.15) is 38.1 Å². The summed E-state index contributed by atoms with van der Waals surface area (Å²) in [6, 6.07) is 9.20. The molecule has 1 rings (SSSR count). The van der Waals surface area contributed by atoms with Crippen LogP contribution in [0.25, 0.3) is 0 Å². The Morgan fingerprint density at radius 3 is 2.22 bits per heavy atom. The second kappa shape index (κ2) is 9.17. The van der Waals surface area contributed by atoms with Crippen molar-refractivity contribution in [3.05, 3.63) is 71.8 Å². The number of hydrogen-bond acceptors (Lipinski definition) is 1. The molecule has 0 saturated carbocycles. The summed E-state index contributed by atoms with van der Waals surface area (Å²) in [6.45, 7) is 11.7. The van der Waals surface area contributed by atoms with Crippen molar-refractivity contribution < 1.29 is 4.79 Å². The van der Waals surface area contributed by atoms with E-state index in [1.54, 1.807) is 12.1 Å². The van der Waals surface area contributed by atoms with Crippen molar-refractivity contribution in [3.8, 4) is 0 Å². The molecule has 1 aromatic carbocycles. The topological polar surface area (TPSA) is 17.1 Å². The van der Waals surface area contributed by atoms with Gasteiger partial charge in [0.2, 0.25) is 0 Å². The third kappa shape index (κ3) is 4.96. The lowest BCUT2D eigenvalue weighted by Crippen LogP contribution is -2.02. The molecular formula is C17H22O. The third-order valence-electron chi connectivity index (χ3n) is 2.32. The lowest BCUT2D eigenvalue weighted by Gasteiger charge is -2.04. The molecule has 1 nitrogen and oxygen atoms in total. The number of benzene rings is 1. The molecule has 0 aliphatic rings. The zero-order valence-electron chi connectivity index (χ0n) is 11.7. The summed E-state index contributed by atoms with van der Waals surface area (Å²) in [5.74, 6) is -0.0150. The minimum atomic E-state index is -0.0150. The zero-order valence-corrected chi connectivity index (χ0v) is 11.7. The zero-order chi connectivity index (χ0) is 14.0. The maximum Gasteiger partial charge on any atom is 0.192 e. The molecule has 0 heterocycles. The standard InChI is InChI=1S/C15H16O.C2H6/c1-4-5-9-12(2)13(3)15(16)14-10-7-6-8-11-14;1-2/h4-11H,3H2,1-2H3;1-2H3/b5-4-,12-9-;. The number of ketones is 1. The van der Waals surface area contributed by atoms with Crippen molar-refractivity contribution in [1.82, 2.24) is 0 Å². The molecule has 0 unspecified atom stereocenters. The van der Waals surface area contributed by atoms with Crippen LogP contribution in [0.5, 0.6) is 0 Å². The van der Waals surface area contributed by atoms with Crippen LogP contribution in [0, 0.1) is 0 Å². The summed E-state index contributed by atoms with van der Waals surface area (Å²) in [6.07, 6.45) is 5.71. The number of allylic oxidation sites excluding steroid dienone is 5. The molecular weight excluding hydrogens is 220 g/mol. The van der Waals surface area contributed by atoms with Crippen LogP contribution in [0.15, 0.2) is 66.3 Å². The largest absolute Gasteiger partial charge is 0.289 e. The van der Waals surface area contributed by atoms with Gasteiger partial charge in [-0.05, 0) is 19.4 Å². The molecule has 0 bridgehead atoms. The van der Waals surface area contributed by atoms with Gasteiger partial charge in [-0.3, -0.25) is 4.79 Å². The Labute approximate surface area is 111 Å². The summed E-state index contributed by atoms with van der Waals surface area (Å²) >= 11 is 0. The van der Waals surface area contributed by atoms with Gasteiger partial charge in [-0.1, -0.05) is 69.0 Å². The summed E-state index contributed by atoms with van der Waals surface area (Å²) in [5.41, 5.74) is 2.12. The maximum atomic E-state index is 12.0. The van der Waals surface area contributed by atoms with Crippen molar-refractivity contribution in [2.75, 3.05) is 0 Å². The lowest BCUT2D eigenvalue weighted by molar-refractivity contribution is 0.103. The molecule has 1 heteroatoms. The summed E-state index contributed by atoms with van der Waals surface area (Å²) in [7, 11) is 0. The van der Waals surface area contributed by atoms with E-state index < -0.39 is 0 Å². The van der Waals surface area contributed by atoms with Crippen molar-refractivity contribution in [1.29, 1.82) is 0 Å². The molecule has 0 aliphatic carbocycles. The van der Waals surface area contributed by atoms with Crippen molar-refractivity contribution in [2.45, 2.75) is 27.7 Å². The fourth-order valence-corrected chi connectivity index (χ4v) is 1.28. The van der Waals surface area contributed by atoms with Gasteiger partial charge in [0.05, 0.1) is 0 Å². The first-order chi connectivity index (χ1) is 8.66. The smallest absolute Gasteiger partial charge is 0.192 e. The minimum absolute atomic E-state index is 0.0150. The van der Waals surface area contributed by atoms with E-state index >= 15 is 0 Å². The molecule has 18 heavy (non-hydrogen) atoms. The van der Waals surface area contributed by atoms with Crippen LogP contribution in [-0.4, -0.2) is 5.78 Å². The normalized spacial score (nSPS) is 10.8. The Bertz CT molecular complexity index is 436. The molecule has 0 spiro atoms. The lowest BCUT2D eigenvalue weighted by atomic mass is 9.99. The maximum absolute atomic E-state index is 12.0. The van der Waals surface area contributed by atoms with Crippen LogP contribution >= 0.6 is 0 Å². The first-order valence-electron chi connectivity index (χ1n) is 6.25. The first-order valence-corrected chi connectivity index (χ1v) is 6.25. The van der Waals surface area contributed by atoms with Crippen LogP contribution < -0.4 is 0 Å². The van der Waals surface area contributed by atoms with E-state index in [1.807, 2.05) is 64.1 Å². The highest BCUT2D eigenvalue weighted by Gasteiger charge is 2.10. The summed E-state index contributed by atoms with van der Waals surface area (Å²) in [5, 5.41) is 0. The quantitative estimate of drug-likeness (QED) is 0.413. The molecule has 0 saturated heterocycles. The van der Waals surface area contributed by atoms with Crippen molar-refractivity contribution in [2.24, 2.45) is 0 Å². The molecule has 96 valence electrons. The van der Waals surface area contributed by atoms with E-state index in [2.05, 4.69) is 6.58 Å². The number of carbonyl (C=O) groups excluding carboxylic acids is 1. The van der Waals surface area contributed by atoms with Gasteiger partial charge in [-0.25, -0.2) is 0 Å². The van der Waals surface area contributed by atoms with Crippen LogP contribution in [0.2, 0.25) is 0 Å². The van der Waals surface area contributed by atoms with E-state index in [-0.39, 0.29) is 5.78 Å². The summed E-state index contributed by atoms with van der Waals surface area (Å²) < 4.78 is 0. The van der Waals surface area contributed by atoms with Gasteiger partial charge in [0.25, 0.3) is 0 Å². The Balaban J connectivity index is 0.00000137. The van der Waals surface area contributed by atoms with Gasteiger partial charge in [0.15, 0.2) is 5.78 Å². The number of carbonyl (C=O) groups is 1. The predicted octanol–water partition coefficient (Wildman–Crippen LogP) is 4.97. The van der Waals surface area contributed by atoms with Crippen LogP contribution in [-0.2, 0) is 0 Å². The molecule has 0 aromatic heterocycles.